The van der Waals surface area contributed by atoms with Crippen molar-refractivity contribution in [1.82, 2.24) is 4.90 Å². The smallest absolute Gasteiger partial charge is 0.241 e. The van der Waals surface area contributed by atoms with Crippen LogP contribution in [0.25, 0.3) is 0 Å². The Balaban J connectivity index is 2.39. The fraction of sp³-hybridized carbons (Fsp3) is 0.889. The van der Waals surface area contributed by atoms with Crippen molar-refractivity contribution in [2.75, 3.05) is 13.1 Å². The molecule has 1 rings (SSSR count). The molecule has 1 saturated heterocycles. The first-order valence-corrected chi connectivity index (χ1v) is 5.29. The van der Waals surface area contributed by atoms with Gasteiger partial charge in [0.25, 0.3) is 0 Å². The van der Waals surface area contributed by atoms with Gasteiger partial charge >= 0.3 is 0 Å². The summed E-state index contributed by atoms with van der Waals surface area (Å²) in [4.78, 5) is 13.1. The topological polar surface area (TPSA) is 20.3 Å². The maximum Gasteiger partial charge on any atom is 0.241 e. The molecule has 0 saturated carbocycles. The summed E-state index contributed by atoms with van der Waals surface area (Å²) >= 11 is 4.03. The van der Waals surface area contributed by atoms with E-state index in [1.54, 1.807) is 11.8 Å². The standard InChI is InChI=1S/C9H15F2NOS/c1-6(14)9(13)12-4-2-7(3-5-12)8(10)11/h6-8,14H,2-5H2,1H3. The van der Waals surface area contributed by atoms with Crippen molar-refractivity contribution in [2.45, 2.75) is 31.4 Å². The third-order valence-electron chi connectivity index (χ3n) is 2.57. The zero-order valence-electron chi connectivity index (χ0n) is 8.12. The average Bonchev–Trinajstić information content (AvgIpc) is 2.16. The molecular weight excluding hydrogens is 208 g/mol. The van der Waals surface area contributed by atoms with Gasteiger partial charge in [0.1, 0.15) is 0 Å². The van der Waals surface area contributed by atoms with Gasteiger partial charge in [-0.1, -0.05) is 0 Å². The molecule has 0 radical (unpaired) electrons. The highest BCUT2D eigenvalue weighted by Gasteiger charge is 2.29. The largest absolute Gasteiger partial charge is 0.342 e. The lowest BCUT2D eigenvalue weighted by Gasteiger charge is -2.32. The van der Waals surface area contributed by atoms with Gasteiger partial charge in [-0.25, -0.2) is 8.78 Å². The van der Waals surface area contributed by atoms with Crippen molar-refractivity contribution in [1.29, 1.82) is 0 Å². The van der Waals surface area contributed by atoms with E-state index >= 15 is 0 Å². The van der Waals surface area contributed by atoms with Crippen molar-refractivity contribution in [3.63, 3.8) is 0 Å². The molecule has 1 aliphatic heterocycles. The normalized spacial score (nSPS) is 21.4. The van der Waals surface area contributed by atoms with Gasteiger partial charge in [-0.3, -0.25) is 4.79 Å². The second kappa shape index (κ2) is 4.96. The number of thiol groups is 1. The quantitative estimate of drug-likeness (QED) is 0.708. The van der Waals surface area contributed by atoms with E-state index in [0.29, 0.717) is 25.9 Å². The molecule has 0 aromatic carbocycles. The number of alkyl halides is 2. The molecule has 1 amide bonds. The zero-order chi connectivity index (χ0) is 10.7. The van der Waals surface area contributed by atoms with E-state index in [4.69, 9.17) is 0 Å². The molecular formula is C9H15F2NOS. The van der Waals surface area contributed by atoms with Gasteiger partial charge in [0.15, 0.2) is 0 Å². The van der Waals surface area contributed by atoms with Crippen molar-refractivity contribution in [2.24, 2.45) is 5.92 Å². The summed E-state index contributed by atoms with van der Waals surface area (Å²) in [6, 6.07) is 0. The molecule has 1 atom stereocenters. The Hall–Kier alpha value is -0.320. The molecule has 0 aromatic heterocycles. The van der Waals surface area contributed by atoms with E-state index in [0.717, 1.165) is 0 Å². The van der Waals surface area contributed by atoms with E-state index in [1.807, 2.05) is 0 Å². The van der Waals surface area contributed by atoms with Crippen molar-refractivity contribution in [3.8, 4) is 0 Å². The highest BCUT2D eigenvalue weighted by Crippen LogP contribution is 2.24. The maximum absolute atomic E-state index is 12.3. The Bertz CT molecular complexity index is 203. The number of hydrogen-bond donors (Lipinski definition) is 1. The summed E-state index contributed by atoms with van der Waals surface area (Å²) in [6.07, 6.45) is -1.44. The second-order valence-corrected chi connectivity index (χ2v) is 4.45. The predicted octanol–water partition coefficient (Wildman–Crippen LogP) is 1.81. The Morgan fingerprint density at radius 1 is 1.43 bits per heavy atom. The predicted molar refractivity (Wildman–Crippen MR) is 53.8 cm³/mol. The monoisotopic (exact) mass is 223 g/mol. The summed E-state index contributed by atoms with van der Waals surface area (Å²) in [5.74, 6) is -0.588. The van der Waals surface area contributed by atoms with E-state index in [-0.39, 0.29) is 11.2 Å². The molecule has 0 aliphatic carbocycles. The third kappa shape index (κ3) is 2.83. The Morgan fingerprint density at radius 3 is 2.29 bits per heavy atom. The number of likely N-dealkylation sites (tertiary alicyclic amines) is 1. The fourth-order valence-electron chi connectivity index (χ4n) is 1.64. The molecule has 1 aliphatic rings. The lowest BCUT2D eigenvalue weighted by atomic mass is 9.97. The number of nitrogens with zero attached hydrogens (tertiary/aromatic N) is 1. The first kappa shape index (κ1) is 11.8. The summed E-state index contributed by atoms with van der Waals surface area (Å²) in [7, 11) is 0. The van der Waals surface area contributed by atoms with Gasteiger partial charge in [-0.2, -0.15) is 12.6 Å². The van der Waals surface area contributed by atoms with Crippen LogP contribution in [0, 0.1) is 5.92 Å². The number of piperidine rings is 1. The number of rotatable bonds is 2. The van der Waals surface area contributed by atoms with Gasteiger partial charge in [0.2, 0.25) is 12.3 Å². The molecule has 1 unspecified atom stereocenters. The Kier molecular flexibility index (Phi) is 4.16. The molecule has 5 heteroatoms. The number of carbonyl (C=O) groups excluding carboxylic acids is 1. The number of amides is 1. The first-order valence-electron chi connectivity index (χ1n) is 4.77. The Labute approximate surface area is 88.1 Å². The fourth-order valence-corrected chi connectivity index (χ4v) is 1.80. The third-order valence-corrected chi connectivity index (χ3v) is 2.79. The van der Waals surface area contributed by atoms with E-state index < -0.39 is 12.3 Å². The van der Waals surface area contributed by atoms with Crippen LogP contribution in [0.2, 0.25) is 0 Å². The van der Waals surface area contributed by atoms with Gasteiger partial charge in [0.05, 0.1) is 5.25 Å². The molecule has 1 heterocycles. The highest BCUT2D eigenvalue weighted by molar-refractivity contribution is 7.81. The molecule has 0 N–H and O–H groups in total. The van der Waals surface area contributed by atoms with Crippen LogP contribution >= 0.6 is 12.6 Å². The minimum absolute atomic E-state index is 0.0546. The number of carbonyl (C=O) groups is 1. The van der Waals surface area contributed by atoms with Crippen LogP contribution in [0.4, 0.5) is 8.78 Å². The first-order chi connectivity index (χ1) is 6.52. The zero-order valence-corrected chi connectivity index (χ0v) is 9.01. The second-order valence-electron chi connectivity index (χ2n) is 3.67. The minimum Gasteiger partial charge on any atom is -0.342 e. The number of hydrogen-bond acceptors (Lipinski definition) is 2. The molecule has 0 aromatic rings. The summed E-state index contributed by atoms with van der Waals surface area (Å²) in [5.41, 5.74) is 0. The van der Waals surface area contributed by atoms with Crippen LogP contribution < -0.4 is 0 Å². The van der Waals surface area contributed by atoms with Gasteiger partial charge in [-0.15, -0.1) is 0 Å². The summed E-state index contributed by atoms with van der Waals surface area (Å²) < 4.78 is 24.6. The van der Waals surface area contributed by atoms with Crippen LogP contribution in [-0.4, -0.2) is 35.6 Å². The maximum atomic E-state index is 12.3. The van der Waals surface area contributed by atoms with Crippen LogP contribution in [0.15, 0.2) is 0 Å². The van der Waals surface area contributed by atoms with E-state index in [2.05, 4.69) is 12.6 Å². The average molecular weight is 223 g/mol. The van der Waals surface area contributed by atoms with Crippen LogP contribution in [0.5, 0.6) is 0 Å². The van der Waals surface area contributed by atoms with Crippen molar-refractivity contribution in [3.05, 3.63) is 0 Å². The van der Waals surface area contributed by atoms with Crippen molar-refractivity contribution >= 4 is 18.5 Å². The Morgan fingerprint density at radius 2 is 1.93 bits per heavy atom. The minimum atomic E-state index is -2.25. The van der Waals surface area contributed by atoms with Crippen LogP contribution in [-0.2, 0) is 4.79 Å². The van der Waals surface area contributed by atoms with E-state index in [1.165, 1.54) is 0 Å². The molecule has 2 nitrogen and oxygen atoms in total. The molecule has 0 spiro atoms. The highest BCUT2D eigenvalue weighted by atomic mass is 32.1. The molecule has 14 heavy (non-hydrogen) atoms. The van der Waals surface area contributed by atoms with Crippen LogP contribution in [0.3, 0.4) is 0 Å². The summed E-state index contributed by atoms with van der Waals surface area (Å²) in [5, 5.41) is -0.335. The molecule has 82 valence electrons. The lowest BCUT2D eigenvalue weighted by Crippen LogP contribution is -2.42. The van der Waals surface area contributed by atoms with Crippen LogP contribution in [0.1, 0.15) is 19.8 Å². The molecule has 1 fully saturated rings. The van der Waals surface area contributed by atoms with Gasteiger partial charge < -0.3 is 4.90 Å². The lowest BCUT2D eigenvalue weighted by molar-refractivity contribution is -0.132. The SMILES string of the molecule is CC(S)C(=O)N1CCC(C(F)F)CC1. The van der Waals surface area contributed by atoms with Gasteiger partial charge in [0, 0.05) is 19.0 Å². The molecule has 0 bridgehead atoms. The van der Waals surface area contributed by atoms with Gasteiger partial charge in [-0.05, 0) is 19.8 Å². The van der Waals surface area contributed by atoms with E-state index in [9.17, 15) is 13.6 Å². The number of halogens is 2. The summed E-state index contributed by atoms with van der Waals surface area (Å²) in [6.45, 7) is 2.59. The van der Waals surface area contributed by atoms with Crippen molar-refractivity contribution < 1.29 is 13.6 Å².